The summed E-state index contributed by atoms with van der Waals surface area (Å²) in [5, 5.41) is 1.36. The van der Waals surface area contributed by atoms with Gasteiger partial charge in [-0.05, 0) is 94.4 Å². The molecule has 0 aromatic heterocycles. The highest BCUT2D eigenvalue weighted by atomic mass is 79.9. The summed E-state index contributed by atoms with van der Waals surface area (Å²) < 4.78 is 47.1. The van der Waals surface area contributed by atoms with Crippen molar-refractivity contribution in [1.29, 1.82) is 0 Å². The Morgan fingerprint density at radius 2 is 1.15 bits per heavy atom. The summed E-state index contributed by atoms with van der Waals surface area (Å²) in [5.74, 6) is 1.05. The van der Waals surface area contributed by atoms with Crippen LogP contribution in [0.2, 0.25) is 0 Å². The Morgan fingerprint density at radius 1 is 0.700 bits per heavy atom. The molecule has 226 valence electrons. The van der Waals surface area contributed by atoms with Gasteiger partial charge in [0.15, 0.2) is 0 Å². The number of alkyl halides is 3. The Hall–Kier alpha value is 1.31. The molecule has 0 aliphatic rings. The summed E-state index contributed by atoms with van der Waals surface area (Å²) >= 11 is 24.3. The normalized spacial score (nSPS) is 13.3. The number of benzene rings is 2. The molecule has 0 amide bonds. The molecule has 0 aliphatic carbocycles. The Balaban J connectivity index is 2.05. The number of ether oxygens (including phenoxy) is 3. The molecule has 0 heterocycles. The van der Waals surface area contributed by atoms with Gasteiger partial charge in [0.2, 0.25) is 9.84 Å². The molecule has 0 fully saturated rings. The Morgan fingerprint density at radius 3 is 1.60 bits per heavy atom. The van der Waals surface area contributed by atoms with Gasteiger partial charge in [0.25, 0.3) is 0 Å². The molecule has 40 heavy (non-hydrogen) atoms. The van der Waals surface area contributed by atoms with Gasteiger partial charge in [0, 0.05) is 17.3 Å². The smallest absolute Gasteiger partial charge is 0.206 e. The van der Waals surface area contributed by atoms with E-state index in [9.17, 15) is 8.42 Å². The first-order valence-electron chi connectivity index (χ1n) is 12.9. The minimum Gasteiger partial charge on any atom is -0.490 e. The fraction of sp³-hybridized carbons (Fsp3) is 0.556. The van der Waals surface area contributed by atoms with Gasteiger partial charge in [-0.25, -0.2) is 8.42 Å². The molecule has 0 aliphatic heterocycles. The number of halogens is 7. The third-order valence-corrected chi connectivity index (χ3v) is 12.9. The largest absolute Gasteiger partial charge is 0.490 e. The van der Waals surface area contributed by atoms with E-state index >= 15 is 0 Å². The van der Waals surface area contributed by atoms with Gasteiger partial charge in [0.05, 0.1) is 32.5 Å². The van der Waals surface area contributed by atoms with E-state index in [0.29, 0.717) is 54.5 Å². The van der Waals surface area contributed by atoms with Crippen molar-refractivity contribution in [3.63, 3.8) is 0 Å². The molecule has 0 bridgehead atoms. The molecule has 2 aromatic carbocycles. The lowest BCUT2D eigenvalue weighted by Crippen LogP contribution is -2.24. The first-order chi connectivity index (χ1) is 19.0. The van der Waals surface area contributed by atoms with Gasteiger partial charge in [-0.2, -0.15) is 0 Å². The van der Waals surface area contributed by atoms with Gasteiger partial charge in [-0.1, -0.05) is 93.2 Å². The van der Waals surface area contributed by atoms with Crippen LogP contribution in [0.1, 0.15) is 51.9 Å². The summed E-state index contributed by atoms with van der Waals surface area (Å²) in [4.78, 5) is 0.366. The highest BCUT2D eigenvalue weighted by molar-refractivity contribution is 9.12. The minimum atomic E-state index is -3.84. The van der Waals surface area contributed by atoms with Crippen LogP contribution in [0.15, 0.2) is 51.9 Å². The van der Waals surface area contributed by atoms with E-state index in [0.717, 1.165) is 11.8 Å². The SMILES string of the molecule is CCCCCCCCCOC(CBr)COc1c(Br)cc(S(=O)(=O)c2cc(Br)c(OCC(Br)CBr)c(Br)c2)cc1Br. The van der Waals surface area contributed by atoms with E-state index < -0.39 is 9.84 Å². The van der Waals surface area contributed by atoms with Gasteiger partial charge in [-0.3, -0.25) is 0 Å². The lowest BCUT2D eigenvalue weighted by Gasteiger charge is -2.18. The quantitative estimate of drug-likeness (QED) is 0.104. The standard InChI is InChI=1S/C27H33Br7O5S/c1-2-3-4-5-6-7-8-9-37-19(15-29)17-39-27-24(33)12-21(13-25(27)34)40(35,36)20-10-22(31)26(23(32)11-20)38-16-18(30)14-28/h10-13,18-19H,2-9,14-17H2,1H3. The van der Waals surface area contributed by atoms with Crippen molar-refractivity contribution in [3.05, 3.63) is 42.2 Å². The van der Waals surface area contributed by atoms with Crippen molar-refractivity contribution in [2.75, 3.05) is 30.5 Å². The zero-order valence-corrected chi connectivity index (χ0v) is 34.0. The van der Waals surface area contributed by atoms with Gasteiger partial charge >= 0.3 is 0 Å². The number of hydrogen-bond donors (Lipinski definition) is 0. The molecule has 2 atom stereocenters. The molecule has 0 spiro atoms. The zero-order chi connectivity index (χ0) is 29.7. The molecule has 2 aromatic rings. The van der Waals surface area contributed by atoms with E-state index in [1.54, 1.807) is 24.3 Å². The fourth-order valence-corrected chi connectivity index (χ4v) is 9.13. The second kappa shape index (κ2) is 19.6. The van der Waals surface area contributed by atoms with E-state index in [1.807, 2.05) is 0 Å². The first-order valence-corrected chi connectivity index (χ1v) is 20.7. The number of unbranched alkanes of at least 4 members (excludes halogenated alkanes) is 6. The van der Waals surface area contributed by atoms with Crippen molar-refractivity contribution in [1.82, 2.24) is 0 Å². The highest BCUT2D eigenvalue weighted by Gasteiger charge is 2.24. The lowest BCUT2D eigenvalue weighted by molar-refractivity contribution is 0.0335. The van der Waals surface area contributed by atoms with Crippen molar-refractivity contribution in [2.45, 2.75) is 72.6 Å². The van der Waals surface area contributed by atoms with E-state index in [1.165, 1.54) is 38.5 Å². The molecule has 2 rings (SSSR count). The van der Waals surface area contributed by atoms with Crippen LogP contribution in [0, 0.1) is 0 Å². The number of hydrogen-bond acceptors (Lipinski definition) is 5. The second-order valence-corrected chi connectivity index (χ2v) is 17.0. The van der Waals surface area contributed by atoms with Crippen molar-refractivity contribution in [3.8, 4) is 11.5 Å². The molecule has 5 nitrogen and oxygen atoms in total. The van der Waals surface area contributed by atoms with Crippen LogP contribution >= 0.6 is 112 Å². The van der Waals surface area contributed by atoms with Crippen molar-refractivity contribution in [2.24, 2.45) is 0 Å². The number of sulfone groups is 1. The second-order valence-electron chi connectivity index (χ2n) is 9.08. The maximum atomic E-state index is 13.5. The fourth-order valence-electron chi connectivity index (χ4n) is 3.64. The van der Waals surface area contributed by atoms with Crippen LogP contribution < -0.4 is 9.47 Å². The third-order valence-electron chi connectivity index (χ3n) is 5.83. The van der Waals surface area contributed by atoms with E-state index in [4.69, 9.17) is 14.2 Å². The van der Waals surface area contributed by atoms with Crippen LogP contribution in [0.4, 0.5) is 0 Å². The van der Waals surface area contributed by atoms with Crippen molar-refractivity contribution >= 4 is 121 Å². The van der Waals surface area contributed by atoms with Gasteiger partial charge < -0.3 is 14.2 Å². The van der Waals surface area contributed by atoms with Crippen LogP contribution in [0.5, 0.6) is 11.5 Å². The summed E-state index contributed by atoms with van der Waals surface area (Å²) in [5.41, 5.74) is 0. The van der Waals surface area contributed by atoms with Crippen LogP contribution in [-0.4, -0.2) is 49.8 Å². The van der Waals surface area contributed by atoms with Crippen LogP contribution in [-0.2, 0) is 14.6 Å². The van der Waals surface area contributed by atoms with E-state index in [2.05, 4.69) is 118 Å². The first kappa shape index (κ1) is 37.5. The zero-order valence-electron chi connectivity index (χ0n) is 22.0. The Labute approximate surface area is 297 Å². The molecule has 0 saturated heterocycles. The minimum absolute atomic E-state index is 0.117. The predicted octanol–water partition coefficient (Wildman–Crippen LogP) is 11.0. The van der Waals surface area contributed by atoms with Gasteiger partial charge in [0.1, 0.15) is 30.8 Å². The summed E-state index contributed by atoms with van der Waals surface area (Å²) in [6, 6.07) is 6.19. The monoisotopic (exact) mass is 1020 g/mol. The summed E-state index contributed by atoms with van der Waals surface area (Å²) in [7, 11) is -3.84. The van der Waals surface area contributed by atoms with Gasteiger partial charge in [-0.15, -0.1) is 0 Å². The van der Waals surface area contributed by atoms with Crippen molar-refractivity contribution < 1.29 is 22.6 Å². The topological polar surface area (TPSA) is 61.8 Å². The molecule has 0 N–H and O–H groups in total. The maximum absolute atomic E-state index is 13.5. The molecule has 13 heteroatoms. The maximum Gasteiger partial charge on any atom is 0.206 e. The summed E-state index contributed by atoms with van der Waals surface area (Å²) in [6.07, 6.45) is 8.50. The molecule has 0 radical (unpaired) electrons. The van der Waals surface area contributed by atoms with Crippen LogP contribution in [0.25, 0.3) is 0 Å². The average Bonchev–Trinajstić information content (AvgIpc) is 2.91. The van der Waals surface area contributed by atoms with E-state index in [-0.39, 0.29) is 20.7 Å². The Kier molecular flexibility index (Phi) is 18.4. The highest BCUT2D eigenvalue weighted by Crippen LogP contribution is 2.41. The molecule has 2 unspecified atom stereocenters. The molecular weight excluding hydrogens is 996 g/mol. The van der Waals surface area contributed by atoms with Crippen LogP contribution in [0.3, 0.4) is 0 Å². The summed E-state index contributed by atoms with van der Waals surface area (Å²) in [6.45, 7) is 3.66. The Bertz CT molecular complexity index is 1130. The predicted molar refractivity (Wildman–Crippen MR) is 188 cm³/mol. The lowest BCUT2D eigenvalue weighted by atomic mass is 10.1. The average molecular weight is 1030 g/mol. The molecule has 0 saturated carbocycles. The number of rotatable bonds is 19. The molecular formula is C27H33Br7O5S. The third kappa shape index (κ3) is 12.0.